The molecule has 0 spiro atoms. The molecule has 0 aliphatic carbocycles. The Morgan fingerprint density at radius 2 is 1.87 bits per heavy atom. The maximum Gasteiger partial charge on any atom is 0.437 e. The Bertz CT molecular complexity index is 1130. The van der Waals surface area contributed by atoms with Crippen LogP contribution in [0.3, 0.4) is 0 Å². The number of carbonyl (C=O) groups excluding carboxylic acids is 2. The number of nitrogens with two attached hydrogens (primary N) is 1. The maximum atomic E-state index is 13.4. The summed E-state index contributed by atoms with van der Waals surface area (Å²) in [7, 11) is 0. The maximum absolute atomic E-state index is 13.4. The van der Waals surface area contributed by atoms with Crippen molar-refractivity contribution in [1.82, 2.24) is 20.2 Å². The van der Waals surface area contributed by atoms with Crippen LogP contribution in [0.25, 0.3) is 0 Å². The number of carbonyl (C=O) groups is 2. The Kier molecular flexibility index (Phi) is 6.13. The van der Waals surface area contributed by atoms with Crippen molar-refractivity contribution in [2.45, 2.75) is 18.9 Å². The molecule has 0 saturated carbocycles. The largest absolute Gasteiger partial charge is 0.449 e. The number of benzene rings is 1. The first kappa shape index (κ1) is 22.4. The highest BCUT2D eigenvalue weighted by atomic mass is 35.5. The molecule has 1 aliphatic rings. The third kappa shape index (κ3) is 5.09. The molecule has 0 bridgehead atoms. The minimum absolute atomic E-state index is 0.0689. The Labute approximate surface area is 181 Å². The highest BCUT2D eigenvalue weighted by molar-refractivity contribution is 6.34. The van der Waals surface area contributed by atoms with Gasteiger partial charge in [-0.05, 0) is 18.2 Å². The molecule has 3 rings (SSSR count). The highest BCUT2D eigenvalue weighted by Crippen LogP contribution is 2.35. The van der Waals surface area contributed by atoms with Gasteiger partial charge in [0, 0.05) is 16.2 Å². The molecule has 1 atom stereocenters. The zero-order valence-electron chi connectivity index (χ0n) is 15.2. The van der Waals surface area contributed by atoms with Crippen molar-refractivity contribution in [1.29, 1.82) is 0 Å². The lowest BCUT2D eigenvalue weighted by Crippen LogP contribution is -2.55. The highest BCUT2D eigenvalue weighted by Gasteiger charge is 2.39. The summed E-state index contributed by atoms with van der Waals surface area (Å²) < 4.78 is 46.0. The average molecular weight is 478 g/mol. The van der Waals surface area contributed by atoms with E-state index in [1.165, 1.54) is 6.07 Å². The van der Waals surface area contributed by atoms with Crippen LogP contribution in [0.4, 0.5) is 13.2 Å². The van der Waals surface area contributed by atoms with E-state index in [9.17, 15) is 27.6 Å². The van der Waals surface area contributed by atoms with E-state index in [4.69, 9.17) is 33.7 Å². The number of hydrogen-bond donors (Lipinski definition) is 3. The Morgan fingerprint density at radius 1 is 1.23 bits per heavy atom. The van der Waals surface area contributed by atoms with Crippen LogP contribution in [0, 0.1) is 0 Å². The number of primary amides is 1. The van der Waals surface area contributed by atoms with Gasteiger partial charge in [0.05, 0.1) is 18.4 Å². The first-order chi connectivity index (χ1) is 14.5. The Balaban J connectivity index is 2.00. The summed E-state index contributed by atoms with van der Waals surface area (Å²) in [6, 6.07) is 3.65. The van der Waals surface area contributed by atoms with Crippen LogP contribution >= 0.6 is 23.2 Å². The van der Waals surface area contributed by atoms with Gasteiger partial charge in [0.2, 0.25) is 5.75 Å². The standard InChI is InChI=1S/C17H12Cl2F3N5O4/c18-8-1-9(19)3-10(2-8)31-11-12(17(20,21)22)25-6-27(16(11)30)5-7-4-24-14(13(23)28)26-15(7)29/h1-4,6,14,24H,5H2,(H2,23,28)(H,26,29). The molecule has 31 heavy (non-hydrogen) atoms. The minimum atomic E-state index is -5.01. The molecule has 0 fully saturated rings. The number of nitrogens with one attached hydrogen (secondary N) is 2. The third-order valence-electron chi connectivity index (χ3n) is 3.94. The van der Waals surface area contributed by atoms with E-state index in [0.717, 1.165) is 22.9 Å². The third-order valence-corrected chi connectivity index (χ3v) is 4.37. The molecular weight excluding hydrogens is 466 g/mol. The van der Waals surface area contributed by atoms with Crippen LogP contribution in [0.15, 0.2) is 41.1 Å². The number of alkyl halides is 3. The first-order valence-electron chi connectivity index (χ1n) is 8.31. The quantitative estimate of drug-likeness (QED) is 0.601. The molecule has 0 saturated heterocycles. The molecule has 4 N–H and O–H groups in total. The number of halogens is 5. The monoisotopic (exact) mass is 477 g/mol. The molecule has 2 amide bonds. The number of ether oxygens (including phenoxy) is 1. The predicted molar refractivity (Wildman–Crippen MR) is 102 cm³/mol. The molecule has 164 valence electrons. The van der Waals surface area contributed by atoms with Gasteiger partial charge in [-0.15, -0.1) is 0 Å². The normalized spacial score (nSPS) is 16.2. The van der Waals surface area contributed by atoms with Crippen LogP contribution in [0.5, 0.6) is 11.5 Å². The molecule has 9 nitrogen and oxygen atoms in total. The fourth-order valence-corrected chi connectivity index (χ4v) is 3.06. The van der Waals surface area contributed by atoms with Crippen molar-refractivity contribution in [3.63, 3.8) is 0 Å². The summed E-state index contributed by atoms with van der Waals surface area (Å²) in [5.74, 6) is -2.96. The van der Waals surface area contributed by atoms with Gasteiger partial charge in [0.25, 0.3) is 17.4 Å². The van der Waals surface area contributed by atoms with Gasteiger partial charge in [0.15, 0.2) is 11.9 Å². The summed E-state index contributed by atoms with van der Waals surface area (Å²) in [5, 5.41) is 4.87. The first-order valence-corrected chi connectivity index (χ1v) is 9.07. The molecule has 2 aromatic rings. The zero-order valence-corrected chi connectivity index (χ0v) is 16.7. The summed E-state index contributed by atoms with van der Waals surface area (Å²) in [4.78, 5) is 39.2. The fraction of sp³-hybridized carbons (Fsp3) is 0.176. The average Bonchev–Trinajstić information content (AvgIpc) is 2.64. The van der Waals surface area contributed by atoms with Gasteiger partial charge in [-0.25, -0.2) is 4.98 Å². The van der Waals surface area contributed by atoms with Crippen molar-refractivity contribution in [3.05, 3.63) is 62.4 Å². The van der Waals surface area contributed by atoms with Crippen LogP contribution in [-0.4, -0.2) is 27.5 Å². The van der Waals surface area contributed by atoms with E-state index in [1.54, 1.807) is 0 Å². The van der Waals surface area contributed by atoms with Crippen LogP contribution in [0.2, 0.25) is 10.0 Å². The lowest BCUT2D eigenvalue weighted by Gasteiger charge is -2.23. The van der Waals surface area contributed by atoms with Crippen LogP contribution < -0.4 is 26.7 Å². The van der Waals surface area contributed by atoms with E-state index < -0.39 is 47.7 Å². The molecule has 0 radical (unpaired) electrons. The van der Waals surface area contributed by atoms with Gasteiger partial charge in [-0.1, -0.05) is 23.2 Å². The smallest absolute Gasteiger partial charge is 0.437 e. The molecule has 14 heteroatoms. The fourth-order valence-electron chi connectivity index (χ4n) is 2.55. The summed E-state index contributed by atoms with van der Waals surface area (Å²) in [6.07, 6.45) is -4.43. The molecule has 1 unspecified atom stereocenters. The van der Waals surface area contributed by atoms with Gasteiger partial charge >= 0.3 is 6.18 Å². The zero-order chi connectivity index (χ0) is 22.9. The molecule has 1 aromatic carbocycles. The van der Waals surface area contributed by atoms with E-state index >= 15 is 0 Å². The lowest BCUT2D eigenvalue weighted by molar-refractivity contribution is -0.142. The molecule has 1 aliphatic heterocycles. The van der Waals surface area contributed by atoms with E-state index in [0.29, 0.717) is 6.33 Å². The van der Waals surface area contributed by atoms with Crippen molar-refractivity contribution < 1.29 is 27.5 Å². The van der Waals surface area contributed by atoms with Gasteiger partial charge in [-0.3, -0.25) is 19.0 Å². The Morgan fingerprint density at radius 3 is 2.42 bits per heavy atom. The second-order valence-corrected chi connectivity index (χ2v) is 7.08. The van der Waals surface area contributed by atoms with Crippen molar-refractivity contribution in [2.75, 3.05) is 0 Å². The second kappa shape index (κ2) is 8.47. The van der Waals surface area contributed by atoms with E-state index in [1.807, 2.05) is 0 Å². The molecule has 2 heterocycles. The van der Waals surface area contributed by atoms with Crippen molar-refractivity contribution in [2.24, 2.45) is 5.73 Å². The number of amides is 2. The summed E-state index contributed by atoms with van der Waals surface area (Å²) in [6.45, 7) is -0.471. The topological polar surface area (TPSA) is 128 Å². The molecule has 1 aromatic heterocycles. The summed E-state index contributed by atoms with van der Waals surface area (Å²) in [5.41, 5.74) is 2.21. The van der Waals surface area contributed by atoms with Gasteiger partial charge in [0.1, 0.15) is 5.75 Å². The van der Waals surface area contributed by atoms with Gasteiger partial charge in [-0.2, -0.15) is 13.2 Å². The summed E-state index contributed by atoms with van der Waals surface area (Å²) >= 11 is 11.6. The molecular formula is C17H12Cl2F3N5O4. The number of aromatic nitrogens is 2. The van der Waals surface area contributed by atoms with Crippen LogP contribution in [0.1, 0.15) is 5.69 Å². The SMILES string of the molecule is NC(=O)C1NC=C(Cn2cnc(C(F)(F)F)c(Oc3cc(Cl)cc(Cl)c3)c2=O)C(=O)N1. The second-order valence-electron chi connectivity index (χ2n) is 6.21. The van der Waals surface area contributed by atoms with Crippen LogP contribution in [-0.2, 0) is 22.3 Å². The number of rotatable bonds is 5. The number of nitrogens with zero attached hydrogens (tertiary/aromatic N) is 2. The minimum Gasteiger partial charge on any atom is -0.449 e. The van der Waals surface area contributed by atoms with Crippen molar-refractivity contribution >= 4 is 35.0 Å². The lowest BCUT2D eigenvalue weighted by atomic mass is 10.2. The van der Waals surface area contributed by atoms with E-state index in [-0.39, 0.29) is 21.4 Å². The van der Waals surface area contributed by atoms with E-state index in [2.05, 4.69) is 15.6 Å². The van der Waals surface area contributed by atoms with Crippen molar-refractivity contribution in [3.8, 4) is 11.5 Å². The number of hydrogen-bond acceptors (Lipinski definition) is 6. The Hall–Kier alpha value is -3.25. The van der Waals surface area contributed by atoms with Gasteiger partial charge < -0.3 is 21.1 Å². The predicted octanol–water partition coefficient (Wildman–Crippen LogP) is 1.78.